The van der Waals surface area contributed by atoms with Gasteiger partial charge in [-0.1, -0.05) is 0 Å². The smallest absolute Gasteiger partial charge is 0.161 e. The number of rotatable bonds is 9. The van der Waals surface area contributed by atoms with E-state index in [1.807, 2.05) is 0 Å². The Morgan fingerprint density at radius 2 is 2.00 bits per heavy atom. The van der Waals surface area contributed by atoms with E-state index in [9.17, 15) is 0 Å². The Morgan fingerprint density at radius 3 is 2.54 bits per heavy atom. The van der Waals surface area contributed by atoms with Crippen LogP contribution in [0.4, 0.5) is 0 Å². The lowest BCUT2D eigenvalue weighted by molar-refractivity contribution is -0.110. The molecule has 0 aliphatic heterocycles. The highest BCUT2D eigenvalue weighted by atomic mass is 32.1. The normalized spacial score (nSPS) is 12.0. The van der Waals surface area contributed by atoms with Crippen LogP contribution in [0.15, 0.2) is 0 Å². The molecule has 0 atom stereocenters. The first-order chi connectivity index (χ1) is 6.35. The zero-order valence-corrected chi connectivity index (χ0v) is 10.8. The minimum Gasteiger partial charge on any atom is -0.424 e. The molecule has 0 rings (SSSR count). The molecule has 13 heavy (non-hydrogen) atoms. The van der Waals surface area contributed by atoms with Gasteiger partial charge in [0.25, 0.3) is 0 Å². The average molecular weight is 224 g/mol. The van der Waals surface area contributed by atoms with Gasteiger partial charge in [-0.3, -0.25) is 0 Å². The lowest BCUT2D eigenvalue weighted by atomic mass is 10.4. The van der Waals surface area contributed by atoms with Crippen LogP contribution in [0.1, 0.15) is 12.8 Å². The van der Waals surface area contributed by atoms with Crippen LogP contribution in [-0.4, -0.2) is 42.6 Å². The van der Waals surface area contributed by atoms with E-state index in [0.29, 0.717) is 0 Å². The fourth-order valence-corrected chi connectivity index (χ4v) is 2.60. The highest BCUT2D eigenvalue weighted by molar-refractivity contribution is 7.80. The largest absolute Gasteiger partial charge is 0.424 e. The average Bonchev–Trinajstić information content (AvgIpc) is 2.17. The Bertz CT molecular complexity index is 101. The summed E-state index contributed by atoms with van der Waals surface area (Å²) in [7, 11) is 2.97. The molecule has 0 aliphatic carbocycles. The van der Waals surface area contributed by atoms with Crippen molar-refractivity contribution in [2.24, 2.45) is 0 Å². The lowest BCUT2D eigenvalue weighted by Crippen LogP contribution is -2.16. The molecule has 5 heteroatoms. The summed E-state index contributed by atoms with van der Waals surface area (Å²) >= 11 is 4.14. The van der Waals surface area contributed by atoms with Crippen molar-refractivity contribution in [1.29, 1.82) is 0 Å². The van der Waals surface area contributed by atoms with E-state index in [-0.39, 0.29) is 16.1 Å². The minimum absolute atomic E-state index is 0.112. The first-order valence-electron chi connectivity index (χ1n) is 4.59. The number of methoxy groups -OCH3 is 2. The van der Waals surface area contributed by atoms with Crippen LogP contribution in [0, 0.1) is 0 Å². The molecule has 0 heterocycles. The summed E-state index contributed by atoms with van der Waals surface area (Å²) in [5.41, 5.74) is 0. The van der Waals surface area contributed by atoms with Gasteiger partial charge in [-0.2, -0.15) is 12.6 Å². The molecule has 0 aromatic rings. The summed E-state index contributed by atoms with van der Waals surface area (Å²) in [5.74, 6) is 0.967. The third kappa shape index (κ3) is 8.77. The topological polar surface area (TPSA) is 27.7 Å². The molecule has 0 unspecified atom stereocenters. The van der Waals surface area contributed by atoms with Crippen molar-refractivity contribution in [3.63, 3.8) is 0 Å². The van der Waals surface area contributed by atoms with E-state index in [1.165, 1.54) is 12.5 Å². The van der Waals surface area contributed by atoms with Gasteiger partial charge in [0.15, 0.2) is 16.1 Å². The molecule has 0 bridgehead atoms. The molecule has 3 nitrogen and oxygen atoms in total. The van der Waals surface area contributed by atoms with E-state index in [0.717, 1.165) is 18.8 Å². The number of thiol groups is 1. The third-order valence-electron chi connectivity index (χ3n) is 1.72. The van der Waals surface area contributed by atoms with Crippen molar-refractivity contribution in [2.45, 2.75) is 25.2 Å². The fourth-order valence-electron chi connectivity index (χ4n) is 0.929. The van der Waals surface area contributed by atoms with Crippen LogP contribution in [-0.2, 0) is 13.9 Å². The summed E-state index contributed by atoms with van der Waals surface area (Å²) in [6.07, 6.45) is 1.88. The van der Waals surface area contributed by atoms with Crippen molar-refractivity contribution >= 4 is 22.4 Å². The molecule has 0 spiro atoms. The van der Waals surface area contributed by atoms with Gasteiger partial charge in [0.05, 0.1) is 0 Å². The summed E-state index contributed by atoms with van der Waals surface area (Å²) in [6, 6.07) is 1.22. The molecule has 0 N–H and O–H groups in total. The van der Waals surface area contributed by atoms with Gasteiger partial charge in [0.2, 0.25) is 0 Å². The Labute approximate surface area is 88.5 Å². The van der Waals surface area contributed by atoms with E-state index in [1.54, 1.807) is 14.2 Å². The van der Waals surface area contributed by atoms with Gasteiger partial charge in [-0.25, -0.2) is 0 Å². The maximum absolute atomic E-state index is 5.51. The Hall–Kier alpha value is 0.447. The van der Waals surface area contributed by atoms with E-state index < -0.39 is 0 Å². The minimum atomic E-state index is -0.318. The zero-order chi connectivity index (χ0) is 9.94. The number of hydrogen-bond acceptors (Lipinski definition) is 4. The molecule has 0 aliphatic rings. The fraction of sp³-hybridized carbons (Fsp3) is 1.00. The second-order valence-corrected chi connectivity index (χ2v) is 4.70. The summed E-state index contributed by atoms with van der Waals surface area (Å²) in [6.45, 7) is 0.755. The summed E-state index contributed by atoms with van der Waals surface area (Å²) in [4.78, 5) is 0. The van der Waals surface area contributed by atoms with Crippen LogP contribution >= 0.6 is 12.6 Å². The third-order valence-corrected chi connectivity index (χ3v) is 3.40. The summed E-state index contributed by atoms with van der Waals surface area (Å²) in [5, 5.41) is 0. The van der Waals surface area contributed by atoms with Crippen LogP contribution in [0.5, 0.6) is 0 Å². The van der Waals surface area contributed by atoms with Crippen molar-refractivity contribution in [3.8, 4) is 0 Å². The molecule has 0 amide bonds. The Morgan fingerprint density at radius 1 is 1.31 bits per heavy atom. The molecule has 0 aromatic heterocycles. The second-order valence-electron chi connectivity index (χ2n) is 2.73. The second kappa shape index (κ2) is 10.5. The van der Waals surface area contributed by atoms with E-state index in [2.05, 4.69) is 12.6 Å². The van der Waals surface area contributed by atoms with Crippen LogP contribution in [0.3, 0.4) is 0 Å². The van der Waals surface area contributed by atoms with Crippen LogP contribution in [0.25, 0.3) is 0 Å². The molecule has 0 aromatic carbocycles. The predicted molar refractivity (Wildman–Crippen MR) is 60.2 cm³/mol. The van der Waals surface area contributed by atoms with Gasteiger partial charge < -0.3 is 13.9 Å². The molecular weight excluding hydrogens is 204 g/mol. The van der Waals surface area contributed by atoms with Gasteiger partial charge >= 0.3 is 0 Å². The van der Waals surface area contributed by atoms with Crippen LogP contribution in [0.2, 0.25) is 6.04 Å². The molecule has 0 saturated carbocycles. The van der Waals surface area contributed by atoms with Gasteiger partial charge in [-0.15, -0.1) is 0 Å². The maximum Gasteiger partial charge on any atom is 0.161 e. The maximum atomic E-state index is 5.51. The van der Waals surface area contributed by atoms with Gasteiger partial charge in [0, 0.05) is 27.2 Å². The number of hydrogen-bond donors (Lipinski definition) is 1. The van der Waals surface area contributed by atoms with Crippen molar-refractivity contribution in [1.82, 2.24) is 0 Å². The molecule has 80 valence electrons. The van der Waals surface area contributed by atoms with E-state index >= 15 is 0 Å². The van der Waals surface area contributed by atoms with Crippen molar-refractivity contribution in [3.05, 3.63) is 0 Å². The zero-order valence-electron chi connectivity index (χ0n) is 8.49. The highest BCUT2D eigenvalue weighted by Crippen LogP contribution is 1.98. The first-order valence-corrected chi connectivity index (χ1v) is 6.80. The SMILES string of the molecule is COC(CCO[SiH2]CCCS)OC. The molecule has 0 fully saturated rings. The molecular formula is C8H20O3SSi. The molecule has 0 saturated heterocycles. The number of ether oxygens (including phenoxy) is 2. The monoisotopic (exact) mass is 224 g/mol. The van der Waals surface area contributed by atoms with Crippen LogP contribution < -0.4 is 0 Å². The molecule has 0 radical (unpaired) electrons. The van der Waals surface area contributed by atoms with E-state index in [4.69, 9.17) is 13.9 Å². The van der Waals surface area contributed by atoms with Crippen molar-refractivity contribution < 1.29 is 13.9 Å². The van der Waals surface area contributed by atoms with Gasteiger partial charge in [-0.05, 0) is 18.2 Å². The Kier molecular flexibility index (Phi) is 10.9. The van der Waals surface area contributed by atoms with Crippen molar-refractivity contribution in [2.75, 3.05) is 26.6 Å². The standard InChI is InChI=1S/C8H20O3SSi/c1-9-8(10-2)4-5-11-13-7-3-6-12/h8,12H,3-7,13H2,1-2H3. The lowest BCUT2D eigenvalue weighted by Gasteiger charge is -2.12. The quantitative estimate of drug-likeness (QED) is 0.272. The summed E-state index contributed by atoms with van der Waals surface area (Å²) < 4.78 is 15.6. The predicted octanol–water partition coefficient (Wildman–Crippen LogP) is 0.834. The first kappa shape index (κ1) is 13.4. The van der Waals surface area contributed by atoms with Gasteiger partial charge in [0.1, 0.15) is 0 Å². The highest BCUT2D eigenvalue weighted by Gasteiger charge is 2.03. The Balaban J connectivity index is 3.05.